The molecule has 0 spiro atoms. The average Bonchev–Trinajstić information content (AvgIpc) is 2.63. The summed E-state index contributed by atoms with van der Waals surface area (Å²) in [5.41, 5.74) is 0. The number of carbonyl (C=O) groups excluding carboxylic acids is 1. The van der Waals surface area contributed by atoms with Crippen molar-refractivity contribution in [2.45, 2.75) is 55.7 Å². The lowest BCUT2D eigenvalue weighted by molar-refractivity contribution is -0.124. The fraction of sp³-hybridized carbons (Fsp3) is 0.909. The molecule has 2 aliphatic rings. The molecule has 0 saturated heterocycles. The van der Waals surface area contributed by atoms with Crippen molar-refractivity contribution >= 4 is 21.7 Å². The molecule has 2 rings (SSSR count). The topological polar surface area (TPSA) is 17.1 Å². The summed E-state index contributed by atoms with van der Waals surface area (Å²) >= 11 is 3.74. The molecule has 2 heteroatoms. The van der Waals surface area contributed by atoms with Gasteiger partial charge in [0.25, 0.3) is 0 Å². The summed E-state index contributed by atoms with van der Waals surface area (Å²) in [6, 6.07) is 0. The molecular formula is C11H17BrO. The zero-order valence-electron chi connectivity index (χ0n) is 8.02. The molecule has 2 aliphatic carbocycles. The lowest BCUT2D eigenvalue weighted by Crippen LogP contribution is -2.41. The molecule has 13 heavy (non-hydrogen) atoms. The summed E-state index contributed by atoms with van der Waals surface area (Å²) in [4.78, 5) is 11.9. The molecule has 74 valence electrons. The van der Waals surface area contributed by atoms with Crippen molar-refractivity contribution < 1.29 is 4.79 Å². The Kier molecular flexibility index (Phi) is 2.77. The van der Waals surface area contributed by atoms with Crippen molar-refractivity contribution in [1.82, 2.24) is 0 Å². The van der Waals surface area contributed by atoms with Crippen LogP contribution in [0.5, 0.6) is 0 Å². The zero-order valence-corrected chi connectivity index (χ0v) is 9.61. The Morgan fingerprint density at radius 1 is 1.15 bits per heavy atom. The Morgan fingerprint density at radius 2 is 1.85 bits per heavy atom. The number of halogens is 1. The Labute approximate surface area is 88.4 Å². The summed E-state index contributed by atoms with van der Waals surface area (Å²) in [6.45, 7) is 0. The van der Waals surface area contributed by atoms with Crippen LogP contribution in [0.1, 0.15) is 51.4 Å². The minimum Gasteiger partial charge on any atom is -0.298 e. The molecule has 0 N–H and O–H groups in total. The SMILES string of the molecule is O=C1CCCCC1(Br)C1CCCC1. The maximum atomic E-state index is 11.9. The molecule has 1 nitrogen and oxygen atoms in total. The van der Waals surface area contributed by atoms with Crippen molar-refractivity contribution in [2.24, 2.45) is 5.92 Å². The molecule has 0 radical (unpaired) electrons. The Hall–Kier alpha value is 0.150. The van der Waals surface area contributed by atoms with E-state index in [1.165, 1.54) is 32.1 Å². The van der Waals surface area contributed by atoms with Crippen molar-refractivity contribution in [2.75, 3.05) is 0 Å². The molecule has 0 aromatic rings. The van der Waals surface area contributed by atoms with Crippen molar-refractivity contribution in [3.05, 3.63) is 0 Å². The number of Topliss-reactive ketones (excluding diaryl/α,β-unsaturated/α-hetero) is 1. The quantitative estimate of drug-likeness (QED) is 0.646. The normalized spacial score (nSPS) is 36.8. The second kappa shape index (κ2) is 3.72. The smallest absolute Gasteiger partial charge is 0.149 e. The molecular weight excluding hydrogens is 228 g/mol. The Balaban J connectivity index is 2.11. The molecule has 1 atom stereocenters. The molecule has 1 unspecified atom stereocenters. The van der Waals surface area contributed by atoms with E-state index in [0.717, 1.165) is 19.3 Å². The highest BCUT2D eigenvalue weighted by molar-refractivity contribution is 9.10. The molecule has 0 aromatic carbocycles. The predicted molar refractivity (Wildman–Crippen MR) is 57.1 cm³/mol. The van der Waals surface area contributed by atoms with Gasteiger partial charge in [-0.25, -0.2) is 0 Å². The lowest BCUT2D eigenvalue weighted by atomic mass is 9.78. The number of ketones is 1. The van der Waals surface area contributed by atoms with Gasteiger partial charge in [0, 0.05) is 6.42 Å². The predicted octanol–water partition coefficient (Wildman–Crippen LogP) is 3.45. The molecule has 0 aromatic heterocycles. The summed E-state index contributed by atoms with van der Waals surface area (Å²) < 4.78 is -0.109. The van der Waals surface area contributed by atoms with Gasteiger partial charge in [-0.15, -0.1) is 0 Å². The van der Waals surface area contributed by atoms with E-state index in [2.05, 4.69) is 15.9 Å². The van der Waals surface area contributed by atoms with Crippen molar-refractivity contribution in [3.63, 3.8) is 0 Å². The fourth-order valence-electron chi connectivity index (χ4n) is 2.83. The van der Waals surface area contributed by atoms with Gasteiger partial charge in [-0.1, -0.05) is 35.2 Å². The Morgan fingerprint density at radius 3 is 2.46 bits per heavy atom. The van der Waals surface area contributed by atoms with E-state index < -0.39 is 0 Å². The fourth-order valence-corrected chi connectivity index (χ4v) is 3.77. The van der Waals surface area contributed by atoms with E-state index in [-0.39, 0.29) is 4.32 Å². The summed E-state index contributed by atoms with van der Waals surface area (Å²) in [7, 11) is 0. The van der Waals surface area contributed by atoms with Crippen LogP contribution in [0.15, 0.2) is 0 Å². The van der Waals surface area contributed by atoms with Gasteiger partial charge in [-0.2, -0.15) is 0 Å². The van der Waals surface area contributed by atoms with E-state index in [9.17, 15) is 4.79 Å². The number of alkyl halides is 1. The van der Waals surface area contributed by atoms with Crippen LogP contribution in [0, 0.1) is 5.92 Å². The maximum Gasteiger partial charge on any atom is 0.149 e. The van der Waals surface area contributed by atoms with Crippen LogP contribution in [0.3, 0.4) is 0 Å². The molecule has 0 aliphatic heterocycles. The third-order valence-corrected chi connectivity index (χ3v) is 5.15. The third-order valence-electron chi connectivity index (χ3n) is 3.66. The summed E-state index contributed by atoms with van der Waals surface area (Å²) in [6.07, 6.45) is 9.40. The first-order valence-electron chi connectivity index (χ1n) is 5.46. The van der Waals surface area contributed by atoms with Crippen LogP contribution in [-0.2, 0) is 4.79 Å². The third kappa shape index (κ3) is 1.70. The van der Waals surface area contributed by atoms with Gasteiger partial charge < -0.3 is 0 Å². The van der Waals surface area contributed by atoms with Crippen molar-refractivity contribution in [3.8, 4) is 0 Å². The van der Waals surface area contributed by atoms with E-state index >= 15 is 0 Å². The largest absolute Gasteiger partial charge is 0.298 e. The lowest BCUT2D eigenvalue weighted by Gasteiger charge is -2.35. The van der Waals surface area contributed by atoms with Crippen LogP contribution >= 0.6 is 15.9 Å². The van der Waals surface area contributed by atoms with E-state index in [0.29, 0.717) is 11.7 Å². The van der Waals surface area contributed by atoms with Gasteiger partial charge in [0.05, 0.1) is 4.32 Å². The number of hydrogen-bond donors (Lipinski definition) is 0. The molecule has 0 amide bonds. The minimum atomic E-state index is -0.109. The average molecular weight is 245 g/mol. The van der Waals surface area contributed by atoms with E-state index in [4.69, 9.17) is 0 Å². The Bertz CT molecular complexity index is 208. The van der Waals surface area contributed by atoms with Crippen LogP contribution in [0.2, 0.25) is 0 Å². The second-order valence-corrected chi connectivity index (χ2v) is 5.89. The molecule has 0 bridgehead atoms. The second-order valence-electron chi connectivity index (χ2n) is 4.47. The molecule has 0 heterocycles. The highest BCUT2D eigenvalue weighted by atomic mass is 79.9. The first kappa shape index (κ1) is 9.70. The van der Waals surface area contributed by atoms with Crippen LogP contribution in [0.4, 0.5) is 0 Å². The molecule has 2 fully saturated rings. The highest BCUT2D eigenvalue weighted by Crippen LogP contribution is 2.46. The van der Waals surface area contributed by atoms with Gasteiger partial charge in [-0.05, 0) is 31.6 Å². The van der Waals surface area contributed by atoms with Crippen LogP contribution in [-0.4, -0.2) is 10.1 Å². The summed E-state index contributed by atoms with van der Waals surface area (Å²) in [5, 5.41) is 0. The van der Waals surface area contributed by atoms with Crippen molar-refractivity contribution in [1.29, 1.82) is 0 Å². The van der Waals surface area contributed by atoms with Crippen LogP contribution < -0.4 is 0 Å². The zero-order chi connectivity index (χ0) is 9.31. The van der Waals surface area contributed by atoms with Gasteiger partial charge >= 0.3 is 0 Å². The van der Waals surface area contributed by atoms with E-state index in [1.807, 2.05) is 0 Å². The monoisotopic (exact) mass is 244 g/mol. The first-order chi connectivity index (χ1) is 6.23. The summed E-state index contributed by atoms with van der Waals surface area (Å²) in [5.74, 6) is 1.12. The highest BCUT2D eigenvalue weighted by Gasteiger charge is 2.44. The first-order valence-corrected chi connectivity index (χ1v) is 6.25. The standard InChI is InChI=1S/C11H17BrO/c12-11(9-5-1-2-6-9)8-4-3-7-10(11)13/h9H,1-8H2. The maximum absolute atomic E-state index is 11.9. The number of rotatable bonds is 1. The number of hydrogen-bond acceptors (Lipinski definition) is 1. The van der Waals surface area contributed by atoms with Gasteiger partial charge in [0.2, 0.25) is 0 Å². The minimum absolute atomic E-state index is 0.109. The number of carbonyl (C=O) groups is 1. The van der Waals surface area contributed by atoms with Crippen LogP contribution in [0.25, 0.3) is 0 Å². The van der Waals surface area contributed by atoms with Gasteiger partial charge in [0.15, 0.2) is 0 Å². The molecule has 2 saturated carbocycles. The van der Waals surface area contributed by atoms with E-state index in [1.54, 1.807) is 0 Å². The van der Waals surface area contributed by atoms with Gasteiger partial charge in [0.1, 0.15) is 5.78 Å². The van der Waals surface area contributed by atoms with Gasteiger partial charge in [-0.3, -0.25) is 4.79 Å².